The second kappa shape index (κ2) is 16.5. The summed E-state index contributed by atoms with van der Waals surface area (Å²) >= 11 is 0. The predicted molar refractivity (Wildman–Crippen MR) is 153 cm³/mol. The number of benzene rings is 1. The number of hydrogen-bond donors (Lipinski definition) is 1. The first-order valence-corrected chi connectivity index (χ1v) is 12.3. The second-order valence-corrected chi connectivity index (χ2v) is 8.22. The molecule has 1 unspecified atom stereocenters. The molecule has 2 rings (SSSR count). The molecule has 7 heteroatoms. The van der Waals surface area contributed by atoms with Crippen LogP contribution in [0.25, 0.3) is 22.4 Å². The lowest BCUT2D eigenvalue weighted by atomic mass is 9.97. The Morgan fingerprint density at radius 2 is 1.78 bits per heavy atom. The SMILES string of the molecule is C=C/C(=C\N(C)C)c1cccc(-c2nc(C)c(/C(C=NC)=C/C)cc2C)c1.CC.CCC(O)C(F)(F)F. The van der Waals surface area contributed by atoms with Gasteiger partial charge in [-0.05, 0) is 61.6 Å². The van der Waals surface area contributed by atoms with Crippen LogP contribution < -0.4 is 0 Å². The molecule has 0 bridgehead atoms. The average molecular weight is 518 g/mol. The van der Waals surface area contributed by atoms with Crippen LogP contribution in [-0.2, 0) is 0 Å². The Balaban J connectivity index is 0.00000111. The van der Waals surface area contributed by atoms with E-state index in [-0.39, 0.29) is 6.42 Å². The topological polar surface area (TPSA) is 48.7 Å². The van der Waals surface area contributed by atoms with Crippen molar-refractivity contribution < 1.29 is 18.3 Å². The summed E-state index contributed by atoms with van der Waals surface area (Å²) in [6, 6.07) is 10.7. The third kappa shape index (κ3) is 10.8. The number of alkyl halides is 3. The number of nitrogens with zero attached hydrogens (tertiary/aromatic N) is 3. The third-order valence-electron chi connectivity index (χ3n) is 5.14. The number of allylic oxidation sites excluding steroid dienone is 4. The number of pyridine rings is 1. The molecular weight excluding hydrogens is 475 g/mol. The van der Waals surface area contributed by atoms with Gasteiger partial charge in [0.25, 0.3) is 0 Å². The zero-order valence-corrected chi connectivity index (χ0v) is 23.6. The highest BCUT2D eigenvalue weighted by Crippen LogP contribution is 2.29. The Labute approximate surface area is 221 Å². The maximum absolute atomic E-state index is 11.2. The molecule has 1 heterocycles. The van der Waals surface area contributed by atoms with Crippen molar-refractivity contribution in [2.24, 2.45) is 4.99 Å². The van der Waals surface area contributed by atoms with Crippen LogP contribution in [0.4, 0.5) is 13.2 Å². The van der Waals surface area contributed by atoms with E-state index in [1.807, 2.05) is 52.1 Å². The largest absolute Gasteiger partial charge is 0.414 e. The summed E-state index contributed by atoms with van der Waals surface area (Å²) in [5.74, 6) is 0. The van der Waals surface area contributed by atoms with E-state index < -0.39 is 12.3 Å². The van der Waals surface area contributed by atoms with Crippen molar-refractivity contribution in [3.8, 4) is 11.3 Å². The summed E-state index contributed by atoms with van der Waals surface area (Å²) < 4.78 is 33.6. The molecule has 0 amide bonds. The average Bonchev–Trinajstić information content (AvgIpc) is 2.87. The molecule has 4 nitrogen and oxygen atoms in total. The Hall–Kier alpha value is -3.19. The number of aryl methyl sites for hydroxylation is 2. The molecule has 0 saturated heterocycles. The molecule has 204 valence electrons. The molecule has 2 aromatic rings. The standard InChI is InChI=1S/C24H29N3.C4H7F3O.C2H6/c1-8-19(15-25-5)23-13-17(3)24(26-18(23)4)22-12-10-11-21(14-22)20(9-2)16-27(6)7;1-2-3(8)4(5,6)7;1-2/h8-16H,2H2,1,3-7H3;3,8H,2H2,1H3;1-2H3/b19-8+,20-16+,25-15?;;. The number of aromatic nitrogens is 1. The van der Waals surface area contributed by atoms with Gasteiger partial charge in [-0.25, -0.2) is 0 Å². The molecular formula is C30H42F3N3O. The number of aliphatic hydroxyl groups excluding tert-OH is 1. The zero-order chi connectivity index (χ0) is 28.8. The highest BCUT2D eigenvalue weighted by Gasteiger charge is 2.36. The van der Waals surface area contributed by atoms with Gasteiger partial charge in [0.1, 0.15) is 6.10 Å². The van der Waals surface area contributed by atoms with Crippen LogP contribution in [0.2, 0.25) is 0 Å². The van der Waals surface area contributed by atoms with E-state index in [2.05, 4.69) is 68.0 Å². The van der Waals surface area contributed by atoms with E-state index in [1.54, 1.807) is 7.05 Å². The summed E-state index contributed by atoms with van der Waals surface area (Å²) in [4.78, 5) is 11.1. The minimum absolute atomic E-state index is 0.274. The van der Waals surface area contributed by atoms with Gasteiger partial charge >= 0.3 is 6.18 Å². The maximum Gasteiger partial charge on any atom is 0.414 e. The van der Waals surface area contributed by atoms with E-state index in [9.17, 15) is 13.2 Å². The molecule has 0 aliphatic rings. The Bertz CT molecular complexity index is 1080. The normalized spacial score (nSPS) is 12.8. The van der Waals surface area contributed by atoms with Crippen molar-refractivity contribution in [2.45, 2.75) is 60.2 Å². The van der Waals surface area contributed by atoms with Crippen molar-refractivity contribution in [2.75, 3.05) is 21.1 Å². The lowest BCUT2D eigenvalue weighted by Gasteiger charge is -2.14. The second-order valence-electron chi connectivity index (χ2n) is 8.22. The first-order chi connectivity index (χ1) is 17.4. The van der Waals surface area contributed by atoms with Crippen LogP contribution >= 0.6 is 0 Å². The van der Waals surface area contributed by atoms with Gasteiger partial charge in [0, 0.05) is 50.4 Å². The molecule has 0 fully saturated rings. The molecule has 0 radical (unpaired) electrons. The molecule has 0 aliphatic carbocycles. The van der Waals surface area contributed by atoms with Crippen molar-refractivity contribution in [3.05, 3.63) is 77.6 Å². The quantitative estimate of drug-likeness (QED) is 0.300. The molecule has 0 saturated carbocycles. The summed E-state index contributed by atoms with van der Waals surface area (Å²) in [6.45, 7) is 15.4. The minimum Gasteiger partial charge on any atom is -0.384 e. The van der Waals surface area contributed by atoms with Gasteiger partial charge in [0.2, 0.25) is 0 Å². The van der Waals surface area contributed by atoms with Gasteiger partial charge in [0.15, 0.2) is 0 Å². The minimum atomic E-state index is -4.44. The van der Waals surface area contributed by atoms with Gasteiger partial charge in [-0.2, -0.15) is 13.2 Å². The molecule has 37 heavy (non-hydrogen) atoms. The van der Waals surface area contributed by atoms with Crippen LogP contribution in [0, 0.1) is 13.8 Å². The Kier molecular flexibility index (Phi) is 15.1. The highest BCUT2D eigenvalue weighted by atomic mass is 19.4. The van der Waals surface area contributed by atoms with Gasteiger partial charge in [-0.3, -0.25) is 9.98 Å². The molecule has 1 aromatic heterocycles. The van der Waals surface area contributed by atoms with E-state index >= 15 is 0 Å². The number of rotatable bonds is 7. The van der Waals surface area contributed by atoms with Crippen molar-refractivity contribution in [3.63, 3.8) is 0 Å². The molecule has 1 atom stereocenters. The van der Waals surface area contributed by atoms with E-state index in [1.165, 1.54) is 6.92 Å². The fourth-order valence-corrected chi connectivity index (χ4v) is 3.33. The van der Waals surface area contributed by atoms with Crippen molar-refractivity contribution in [1.82, 2.24) is 9.88 Å². The van der Waals surface area contributed by atoms with Gasteiger partial charge in [0.05, 0.1) is 5.69 Å². The summed E-state index contributed by atoms with van der Waals surface area (Å²) in [5.41, 5.74) is 8.70. The fraction of sp³-hybridized carbons (Fsp3) is 0.400. The smallest absolute Gasteiger partial charge is 0.384 e. The summed E-state index contributed by atoms with van der Waals surface area (Å²) in [6.07, 6.45) is 1.05. The van der Waals surface area contributed by atoms with E-state index in [0.29, 0.717) is 0 Å². The number of halogens is 3. The third-order valence-corrected chi connectivity index (χ3v) is 5.14. The molecule has 0 aliphatic heterocycles. The number of aliphatic hydroxyl groups is 1. The van der Waals surface area contributed by atoms with E-state index in [4.69, 9.17) is 10.1 Å². The van der Waals surface area contributed by atoms with Gasteiger partial charge in [-0.1, -0.05) is 57.7 Å². The number of aliphatic imine (C=N–C) groups is 1. The van der Waals surface area contributed by atoms with Crippen LogP contribution in [0.1, 0.15) is 56.5 Å². The Morgan fingerprint density at radius 3 is 2.22 bits per heavy atom. The van der Waals surface area contributed by atoms with Crippen LogP contribution in [0.15, 0.2) is 60.3 Å². The zero-order valence-electron chi connectivity index (χ0n) is 23.6. The lowest BCUT2D eigenvalue weighted by molar-refractivity contribution is -0.204. The van der Waals surface area contributed by atoms with E-state index in [0.717, 1.165) is 44.8 Å². The monoisotopic (exact) mass is 517 g/mol. The molecule has 1 N–H and O–H groups in total. The highest BCUT2D eigenvalue weighted by molar-refractivity contribution is 6.10. The lowest BCUT2D eigenvalue weighted by Crippen LogP contribution is -2.27. The van der Waals surface area contributed by atoms with Gasteiger partial charge < -0.3 is 10.0 Å². The predicted octanol–water partition coefficient (Wildman–Crippen LogP) is 7.90. The van der Waals surface area contributed by atoms with Gasteiger partial charge in [-0.15, -0.1) is 0 Å². The van der Waals surface area contributed by atoms with Crippen LogP contribution in [-0.4, -0.2) is 54.6 Å². The van der Waals surface area contributed by atoms with Crippen LogP contribution in [0.5, 0.6) is 0 Å². The van der Waals surface area contributed by atoms with Crippen LogP contribution in [0.3, 0.4) is 0 Å². The first-order valence-electron chi connectivity index (χ1n) is 12.3. The molecule has 1 aromatic carbocycles. The maximum atomic E-state index is 11.2. The Morgan fingerprint density at radius 1 is 1.16 bits per heavy atom. The summed E-state index contributed by atoms with van der Waals surface area (Å²) in [7, 11) is 5.82. The first kappa shape index (κ1) is 33.8. The fourth-order valence-electron chi connectivity index (χ4n) is 3.33. The number of hydrogen-bond acceptors (Lipinski definition) is 4. The van der Waals surface area contributed by atoms with Crippen molar-refractivity contribution in [1.29, 1.82) is 0 Å². The summed E-state index contributed by atoms with van der Waals surface area (Å²) in [5, 5.41) is 8.07. The van der Waals surface area contributed by atoms with Crippen molar-refractivity contribution >= 4 is 17.4 Å². The molecule has 0 spiro atoms.